The van der Waals surface area contributed by atoms with Crippen molar-refractivity contribution < 1.29 is 13.2 Å². The molecular formula is C2H4BF3. The summed E-state index contributed by atoms with van der Waals surface area (Å²) in [6.45, 7) is 0. The van der Waals surface area contributed by atoms with Crippen LogP contribution in [0.5, 0.6) is 0 Å². The molecule has 0 aromatic rings. The predicted octanol–water partition coefficient (Wildman–Crippen LogP) is 0.600. The highest BCUT2D eigenvalue weighted by Crippen LogP contribution is 2.16. The van der Waals surface area contributed by atoms with E-state index in [-0.39, 0.29) is 0 Å². The SMILES string of the molecule is BCC(F)(F)F. The Labute approximate surface area is 34.8 Å². The molecule has 0 bridgehead atoms. The van der Waals surface area contributed by atoms with Crippen LogP contribution in [-0.4, -0.2) is 14.0 Å². The standard InChI is InChI=1S/C2H4BF3/c3-1-2(4,5)6/h1,3H2. The Bertz CT molecular complexity index is 38.5. The summed E-state index contributed by atoms with van der Waals surface area (Å²) < 4.78 is 32.4. The molecule has 0 unspecified atom stereocenters. The van der Waals surface area contributed by atoms with Crippen LogP contribution in [0.15, 0.2) is 0 Å². The number of alkyl halides is 3. The van der Waals surface area contributed by atoms with Gasteiger partial charge in [-0.25, -0.2) is 0 Å². The lowest BCUT2D eigenvalue weighted by molar-refractivity contribution is -0.109. The summed E-state index contributed by atoms with van der Waals surface area (Å²) in [5.41, 5.74) is 0. The molecule has 0 aliphatic carbocycles. The van der Waals surface area contributed by atoms with Crippen molar-refractivity contribution in [3.8, 4) is 0 Å². The van der Waals surface area contributed by atoms with Crippen LogP contribution in [0.4, 0.5) is 13.2 Å². The average molecular weight is 95.9 g/mol. The molecular weight excluding hydrogens is 91.8 g/mol. The van der Waals surface area contributed by atoms with Gasteiger partial charge in [0.2, 0.25) is 0 Å². The molecule has 6 heavy (non-hydrogen) atoms. The van der Waals surface area contributed by atoms with E-state index in [4.69, 9.17) is 0 Å². The van der Waals surface area contributed by atoms with E-state index in [9.17, 15) is 13.2 Å². The number of halogens is 3. The lowest BCUT2D eigenvalue weighted by Gasteiger charge is -1.96. The summed E-state index contributed by atoms with van der Waals surface area (Å²) >= 11 is 0. The molecule has 0 heterocycles. The Balaban J connectivity index is 3.17. The van der Waals surface area contributed by atoms with Crippen LogP contribution in [0.2, 0.25) is 6.32 Å². The van der Waals surface area contributed by atoms with Gasteiger partial charge in [-0.3, -0.25) is 0 Å². The minimum atomic E-state index is -3.96. The van der Waals surface area contributed by atoms with Crippen LogP contribution in [0, 0.1) is 0 Å². The maximum absolute atomic E-state index is 10.8. The first-order chi connectivity index (χ1) is 2.56. The van der Waals surface area contributed by atoms with E-state index in [1.54, 1.807) is 0 Å². The van der Waals surface area contributed by atoms with Crippen molar-refractivity contribution in [2.24, 2.45) is 0 Å². The van der Waals surface area contributed by atoms with Crippen molar-refractivity contribution in [2.45, 2.75) is 12.5 Å². The Morgan fingerprint density at radius 1 is 1.33 bits per heavy atom. The van der Waals surface area contributed by atoms with Crippen molar-refractivity contribution in [1.82, 2.24) is 0 Å². The molecule has 0 aliphatic heterocycles. The van der Waals surface area contributed by atoms with Gasteiger partial charge in [0.1, 0.15) is 7.85 Å². The third-order valence-corrected chi connectivity index (χ3v) is 0.401. The molecule has 0 fully saturated rings. The zero-order valence-corrected chi connectivity index (χ0v) is 3.34. The van der Waals surface area contributed by atoms with Gasteiger partial charge in [-0.2, -0.15) is 13.2 Å². The van der Waals surface area contributed by atoms with Crippen molar-refractivity contribution in [1.29, 1.82) is 0 Å². The number of rotatable bonds is 0. The summed E-state index contributed by atoms with van der Waals surface area (Å²) in [6, 6.07) is 0. The van der Waals surface area contributed by atoms with Crippen molar-refractivity contribution in [3.63, 3.8) is 0 Å². The summed E-state index contributed by atoms with van der Waals surface area (Å²) in [5, 5.41) is 0. The van der Waals surface area contributed by atoms with Gasteiger partial charge < -0.3 is 0 Å². The summed E-state index contributed by atoms with van der Waals surface area (Å²) in [7, 11) is 1.08. The van der Waals surface area contributed by atoms with Crippen molar-refractivity contribution >= 4 is 7.85 Å². The molecule has 0 amide bonds. The fourth-order valence-corrected chi connectivity index (χ4v) is 0. The average Bonchev–Trinajstić information content (AvgIpc) is 1.35. The third-order valence-electron chi connectivity index (χ3n) is 0.401. The molecule has 0 aliphatic rings. The van der Waals surface area contributed by atoms with E-state index >= 15 is 0 Å². The van der Waals surface area contributed by atoms with E-state index in [0.717, 1.165) is 7.85 Å². The van der Waals surface area contributed by atoms with Gasteiger partial charge in [-0.05, 0) is 0 Å². The molecule has 36 valence electrons. The fraction of sp³-hybridized carbons (Fsp3) is 1.00. The van der Waals surface area contributed by atoms with E-state index in [2.05, 4.69) is 0 Å². The predicted molar refractivity (Wildman–Crippen MR) is 19.4 cm³/mol. The molecule has 0 radical (unpaired) electrons. The van der Waals surface area contributed by atoms with Crippen LogP contribution in [-0.2, 0) is 0 Å². The Hall–Kier alpha value is -0.145. The Morgan fingerprint density at radius 3 is 1.50 bits per heavy atom. The molecule has 0 saturated heterocycles. The molecule has 0 saturated carbocycles. The van der Waals surface area contributed by atoms with E-state index in [1.807, 2.05) is 0 Å². The molecule has 0 spiro atoms. The van der Waals surface area contributed by atoms with Crippen molar-refractivity contribution in [3.05, 3.63) is 0 Å². The van der Waals surface area contributed by atoms with Gasteiger partial charge in [0.05, 0.1) is 0 Å². The Morgan fingerprint density at radius 2 is 1.50 bits per heavy atom. The zero-order chi connectivity index (χ0) is 5.21. The second kappa shape index (κ2) is 1.54. The topological polar surface area (TPSA) is 0 Å². The van der Waals surface area contributed by atoms with Gasteiger partial charge in [-0.15, -0.1) is 0 Å². The first-order valence-electron chi connectivity index (χ1n) is 1.63. The third kappa shape index (κ3) is 3.85. The van der Waals surface area contributed by atoms with Crippen molar-refractivity contribution in [2.75, 3.05) is 0 Å². The molecule has 0 aromatic heterocycles. The maximum atomic E-state index is 10.8. The monoisotopic (exact) mass is 96.0 g/mol. The second-order valence-electron chi connectivity index (χ2n) is 0.969. The minimum Gasteiger partial charge on any atom is -0.172 e. The van der Waals surface area contributed by atoms with Crippen LogP contribution < -0.4 is 0 Å². The van der Waals surface area contributed by atoms with E-state index in [0.29, 0.717) is 0 Å². The zero-order valence-electron chi connectivity index (χ0n) is 3.34. The molecule has 0 atom stereocenters. The Kier molecular flexibility index (Phi) is 1.50. The van der Waals surface area contributed by atoms with Gasteiger partial charge in [0.25, 0.3) is 0 Å². The van der Waals surface area contributed by atoms with Crippen LogP contribution in [0.25, 0.3) is 0 Å². The number of hydrogen-bond donors (Lipinski definition) is 0. The highest BCUT2D eigenvalue weighted by atomic mass is 19.4. The van der Waals surface area contributed by atoms with E-state index in [1.165, 1.54) is 0 Å². The first kappa shape index (κ1) is 5.85. The van der Waals surface area contributed by atoms with Gasteiger partial charge in [-0.1, -0.05) is 0 Å². The first-order valence-corrected chi connectivity index (χ1v) is 1.63. The summed E-state index contributed by atoms with van der Waals surface area (Å²) in [6.07, 6.45) is -4.69. The summed E-state index contributed by atoms with van der Waals surface area (Å²) in [5.74, 6) is 0. The van der Waals surface area contributed by atoms with Crippen LogP contribution >= 0.6 is 0 Å². The summed E-state index contributed by atoms with van der Waals surface area (Å²) in [4.78, 5) is 0. The lowest BCUT2D eigenvalue weighted by Crippen LogP contribution is -2.03. The molecule has 0 N–H and O–H groups in total. The largest absolute Gasteiger partial charge is 0.382 e. The van der Waals surface area contributed by atoms with Gasteiger partial charge in [0.15, 0.2) is 0 Å². The molecule has 4 heteroatoms. The molecule has 0 nitrogen and oxygen atoms in total. The normalized spacial score (nSPS) is 11.8. The second-order valence-corrected chi connectivity index (χ2v) is 0.969. The molecule has 0 aromatic carbocycles. The lowest BCUT2D eigenvalue weighted by atomic mass is 10.1. The number of hydrogen-bond acceptors (Lipinski definition) is 0. The smallest absolute Gasteiger partial charge is 0.172 e. The van der Waals surface area contributed by atoms with Gasteiger partial charge >= 0.3 is 6.18 Å². The highest BCUT2D eigenvalue weighted by molar-refractivity contribution is 6.08. The minimum absolute atomic E-state index is 0.729. The molecule has 0 rings (SSSR count). The van der Waals surface area contributed by atoms with Crippen LogP contribution in [0.3, 0.4) is 0 Å². The van der Waals surface area contributed by atoms with E-state index < -0.39 is 12.5 Å². The fourth-order valence-electron chi connectivity index (χ4n) is 0. The maximum Gasteiger partial charge on any atom is 0.382 e. The highest BCUT2D eigenvalue weighted by Gasteiger charge is 2.22. The quantitative estimate of drug-likeness (QED) is 0.387. The van der Waals surface area contributed by atoms with Gasteiger partial charge in [0, 0.05) is 6.32 Å². The van der Waals surface area contributed by atoms with Crippen LogP contribution in [0.1, 0.15) is 0 Å².